The summed E-state index contributed by atoms with van der Waals surface area (Å²) < 4.78 is 7.33. The maximum Gasteiger partial charge on any atom is 0.258 e. The Labute approximate surface area is 168 Å². The number of aromatic amines is 1. The number of methoxy groups -OCH3 is 1. The van der Waals surface area contributed by atoms with Gasteiger partial charge in [0.1, 0.15) is 11.4 Å². The predicted octanol–water partition coefficient (Wildman–Crippen LogP) is 3.11. The zero-order chi connectivity index (χ0) is 19.8. The maximum absolute atomic E-state index is 12.3. The van der Waals surface area contributed by atoms with Crippen LogP contribution in [-0.2, 0) is 6.54 Å². The Hall–Kier alpha value is -3.25. The predicted molar refractivity (Wildman–Crippen MR) is 116 cm³/mol. The lowest BCUT2D eigenvalue weighted by Gasteiger charge is -2.36. The van der Waals surface area contributed by atoms with E-state index in [0.29, 0.717) is 0 Å². The van der Waals surface area contributed by atoms with Gasteiger partial charge >= 0.3 is 0 Å². The highest BCUT2D eigenvalue weighted by molar-refractivity contribution is 5.80. The van der Waals surface area contributed by atoms with E-state index >= 15 is 0 Å². The first-order valence-corrected chi connectivity index (χ1v) is 9.94. The number of para-hydroxylation sites is 1. The van der Waals surface area contributed by atoms with Gasteiger partial charge in [-0.15, -0.1) is 0 Å². The number of anilines is 1. The van der Waals surface area contributed by atoms with Gasteiger partial charge in [0.05, 0.1) is 18.0 Å². The van der Waals surface area contributed by atoms with E-state index in [4.69, 9.17) is 4.74 Å². The molecule has 1 N–H and O–H groups in total. The quantitative estimate of drug-likeness (QED) is 0.584. The summed E-state index contributed by atoms with van der Waals surface area (Å²) in [6, 6.07) is 18.1. The van der Waals surface area contributed by atoms with Crippen LogP contribution in [0, 0.1) is 0 Å². The van der Waals surface area contributed by atoms with Crippen molar-refractivity contribution in [1.29, 1.82) is 0 Å². The lowest BCUT2D eigenvalue weighted by atomic mass is 10.2. The monoisotopic (exact) mass is 388 g/mol. The zero-order valence-corrected chi connectivity index (χ0v) is 16.5. The fraction of sp³-hybridized carbons (Fsp3) is 0.261. The van der Waals surface area contributed by atoms with Gasteiger partial charge in [0.15, 0.2) is 0 Å². The molecule has 6 nitrogen and oxygen atoms in total. The molecule has 1 aliphatic rings. The molecule has 5 rings (SSSR count). The van der Waals surface area contributed by atoms with Gasteiger partial charge in [0.2, 0.25) is 0 Å². The summed E-state index contributed by atoms with van der Waals surface area (Å²) in [5.41, 5.74) is 4.22. The molecule has 0 atom stereocenters. The van der Waals surface area contributed by atoms with Crippen molar-refractivity contribution in [2.45, 2.75) is 6.54 Å². The summed E-state index contributed by atoms with van der Waals surface area (Å²) >= 11 is 0. The number of H-pyrrole nitrogens is 1. The van der Waals surface area contributed by atoms with Crippen LogP contribution in [0.15, 0.2) is 65.6 Å². The Kier molecular flexibility index (Phi) is 4.48. The molecule has 1 saturated heterocycles. The lowest BCUT2D eigenvalue weighted by molar-refractivity contribution is 0.250. The number of benzene rings is 2. The van der Waals surface area contributed by atoms with Gasteiger partial charge in [-0.05, 0) is 48.0 Å². The van der Waals surface area contributed by atoms with Crippen LogP contribution in [0.5, 0.6) is 5.75 Å². The van der Waals surface area contributed by atoms with E-state index in [9.17, 15) is 4.79 Å². The van der Waals surface area contributed by atoms with Crippen LogP contribution in [0.3, 0.4) is 0 Å². The number of rotatable bonds is 4. The number of ether oxygens (including phenoxy) is 1. The summed E-state index contributed by atoms with van der Waals surface area (Å²) in [6.45, 7) is 4.90. The zero-order valence-electron chi connectivity index (χ0n) is 16.5. The molecule has 1 fully saturated rings. The molecule has 0 unspecified atom stereocenters. The highest BCUT2D eigenvalue weighted by Gasteiger charge is 2.18. The fourth-order valence-corrected chi connectivity index (χ4v) is 4.17. The van der Waals surface area contributed by atoms with E-state index in [1.807, 2.05) is 36.4 Å². The summed E-state index contributed by atoms with van der Waals surface area (Å²) in [7, 11) is 1.69. The third-order valence-corrected chi connectivity index (χ3v) is 5.74. The second-order valence-electron chi connectivity index (χ2n) is 7.54. The standard InChI is InChI=1S/C23H24N4O2/c1-29-19-8-6-18(7-9-19)26-12-10-25(11-13-26)15-17-14-22-24-23(28)20-4-2-3-5-21(20)27(22)16-17/h2-9,14,16H,10-13,15H2,1H3,(H,24,28). The molecule has 0 spiro atoms. The van der Waals surface area contributed by atoms with Crippen LogP contribution in [0.2, 0.25) is 0 Å². The van der Waals surface area contributed by atoms with Gasteiger partial charge in [-0.1, -0.05) is 12.1 Å². The Bertz CT molecular complexity index is 1200. The van der Waals surface area contributed by atoms with Crippen LogP contribution in [0.4, 0.5) is 5.69 Å². The molecule has 148 valence electrons. The summed E-state index contributed by atoms with van der Waals surface area (Å²) in [4.78, 5) is 20.2. The smallest absolute Gasteiger partial charge is 0.258 e. The molecule has 0 aliphatic carbocycles. The minimum atomic E-state index is -0.0362. The topological polar surface area (TPSA) is 53.0 Å². The second-order valence-corrected chi connectivity index (χ2v) is 7.54. The Balaban J connectivity index is 1.30. The van der Waals surface area contributed by atoms with Gasteiger partial charge in [-0.3, -0.25) is 9.69 Å². The van der Waals surface area contributed by atoms with E-state index in [-0.39, 0.29) is 5.56 Å². The molecular weight excluding hydrogens is 364 g/mol. The number of piperazine rings is 1. The van der Waals surface area contributed by atoms with Crippen LogP contribution in [-0.4, -0.2) is 47.6 Å². The number of hydrogen-bond donors (Lipinski definition) is 1. The molecule has 4 aromatic rings. The minimum absolute atomic E-state index is 0.0362. The van der Waals surface area contributed by atoms with Crippen molar-refractivity contribution in [1.82, 2.24) is 14.3 Å². The highest BCUT2D eigenvalue weighted by Crippen LogP contribution is 2.22. The molecule has 1 aliphatic heterocycles. The van der Waals surface area contributed by atoms with Crippen molar-refractivity contribution in [3.63, 3.8) is 0 Å². The van der Waals surface area contributed by atoms with E-state index in [1.165, 1.54) is 11.3 Å². The molecular formula is C23H24N4O2. The highest BCUT2D eigenvalue weighted by atomic mass is 16.5. The van der Waals surface area contributed by atoms with E-state index in [0.717, 1.165) is 55.0 Å². The van der Waals surface area contributed by atoms with Crippen LogP contribution >= 0.6 is 0 Å². The van der Waals surface area contributed by atoms with Gasteiger partial charge in [0, 0.05) is 44.6 Å². The number of aromatic nitrogens is 2. The Morgan fingerprint density at radius 3 is 2.52 bits per heavy atom. The summed E-state index contributed by atoms with van der Waals surface area (Å²) in [6.07, 6.45) is 2.14. The van der Waals surface area contributed by atoms with Crippen molar-refractivity contribution in [2.24, 2.45) is 0 Å². The molecule has 0 saturated carbocycles. The van der Waals surface area contributed by atoms with Gasteiger partial charge < -0.3 is 19.0 Å². The number of hydrogen-bond acceptors (Lipinski definition) is 4. The SMILES string of the molecule is COc1ccc(N2CCN(Cc3cc4[nH]c(=O)c5ccccc5n4c3)CC2)cc1. The number of fused-ring (bicyclic) bond motifs is 3. The number of nitrogens with one attached hydrogen (secondary N) is 1. The van der Waals surface area contributed by atoms with Gasteiger partial charge in [-0.25, -0.2) is 0 Å². The van der Waals surface area contributed by atoms with Crippen molar-refractivity contribution in [2.75, 3.05) is 38.2 Å². The largest absolute Gasteiger partial charge is 0.497 e. The third-order valence-electron chi connectivity index (χ3n) is 5.74. The van der Waals surface area contributed by atoms with Crippen molar-refractivity contribution in [3.05, 3.63) is 76.7 Å². The second kappa shape index (κ2) is 7.29. The van der Waals surface area contributed by atoms with E-state index < -0.39 is 0 Å². The molecule has 0 amide bonds. The third kappa shape index (κ3) is 3.36. The minimum Gasteiger partial charge on any atom is -0.497 e. The molecule has 2 aromatic heterocycles. The van der Waals surface area contributed by atoms with Crippen molar-refractivity contribution >= 4 is 22.2 Å². The molecule has 3 heterocycles. The molecule has 0 bridgehead atoms. The molecule has 2 aromatic carbocycles. The van der Waals surface area contributed by atoms with Gasteiger partial charge in [-0.2, -0.15) is 0 Å². The fourth-order valence-electron chi connectivity index (χ4n) is 4.17. The number of nitrogens with zero attached hydrogens (tertiary/aromatic N) is 3. The molecule has 0 radical (unpaired) electrons. The first-order valence-electron chi connectivity index (χ1n) is 9.94. The maximum atomic E-state index is 12.3. The van der Waals surface area contributed by atoms with Crippen LogP contribution in [0.1, 0.15) is 5.56 Å². The first-order chi connectivity index (χ1) is 14.2. The van der Waals surface area contributed by atoms with Crippen LogP contribution in [0.25, 0.3) is 16.6 Å². The van der Waals surface area contributed by atoms with E-state index in [1.54, 1.807) is 7.11 Å². The Morgan fingerprint density at radius 2 is 1.76 bits per heavy atom. The average Bonchev–Trinajstić information content (AvgIpc) is 3.17. The molecule has 6 heteroatoms. The Morgan fingerprint density at radius 1 is 1.00 bits per heavy atom. The summed E-state index contributed by atoms with van der Waals surface area (Å²) in [5.74, 6) is 0.888. The van der Waals surface area contributed by atoms with Crippen LogP contribution < -0.4 is 15.2 Å². The van der Waals surface area contributed by atoms with Gasteiger partial charge in [0.25, 0.3) is 5.56 Å². The van der Waals surface area contributed by atoms with Crippen molar-refractivity contribution < 1.29 is 4.74 Å². The average molecular weight is 388 g/mol. The summed E-state index contributed by atoms with van der Waals surface area (Å²) in [5, 5.41) is 0.718. The molecule has 29 heavy (non-hydrogen) atoms. The first kappa shape index (κ1) is 17.8. The van der Waals surface area contributed by atoms with Crippen molar-refractivity contribution in [3.8, 4) is 5.75 Å². The lowest BCUT2D eigenvalue weighted by Crippen LogP contribution is -2.45. The van der Waals surface area contributed by atoms with E-state index in [2.05, 4.69) is 43.6 Å². The normalized spacial score (nSPS) is 15.3.